The van der Waals surface area contributed by atoms with Crippen LogP contribution in [0.4, 0.5) is 5.69 Å². The zero-order valence-corrected chi connectivity index (χ0v) is 18.3. The van der Waals surface area contributed by atoms with Gasteiger partial charge >= 0.3 is 0 Å². The van der Waals surface area contributed by atoms with Gasteiger partial charge in [0, 0.05) is 30.5 Å². The van der Waals surface area contributed by atoms with Crippen molar-refractivity contribution in [1.29, 1.82) is 0 Å². The van der Waals surface area contributed by atoms with E-state index in [1.54, 1.807) is 24.7 Å². The monoisotopic (exact) mass is 460 g/mol. The fraction of sp³-hybridized carbons (Fsp3) is 0.238. The SMILES string of the molecule is CS(=O)(=O)N1CC(C(=O)NCc2ccc(Cn3ccnc3)cc2)Oc2ccc(Cl)cc21. The van der Waals surface area contributed by atoms with Crippen LogP contribution < -0.4 is 14.4 Å². The second-order valence-corrected chi connectivity index (χ2v) is 9.63. The molecule has 0 radical (unpaired) electrons. The van der Waals surface area contributed by atoms with Crippen LogP contribution in [0.2, 0.25) is 5.02 Å². The quantitative estimate of drug-likeness (QED) is 0.609. The van der Waals surface area contributed by atoms with Gasteiger partial charge in [-0.3, -0.25) is 9.10 Å². The minimum Gasteiger partial charge on any atom is -0.476 e. The molecule has 31 heavy (non-hydrogen) atoms. The molecule has 0 saturated heterocycles. The first-order valence-electron chi connectivity index (χ1n) is 9.55. The van der Waals surface area contributed by atoms with E-state index in [1.807, 2.05) is 35.0 Å². The summed E-state index contributed by atoms with van der Waals surface area (Å²) in [7, 11) is -3.61. The van der Waals surface area contributed by atoms with Crippen molar-refractivity contribution >= 4 is 33.2 Å². The molecule has 4 rings (SSSR count). The van der Waals surface area contributed by atoms with E-state index in [-0.39, 0.29) is 6.54 Å². The van der Waals surface area contributed by atoms with Gasteiger partial charge in [0.25, 0.3) is 5.91 Å². The average molecular weight is 461 g/mol. The Balaban J connectivity index is 1.41. The number of nitrogens with one attached hydrogen (secondary N) is 1. The van der Waals surface area contributed by atoms with E-state index in [2.05, 4.69) is 10.3 Å². The highest BCUT2D eigenvalue weighted by atomic mass is 35.5. The molecule has 0 saturated carbocycles. The van der Waals surface area contributed by atoms with Gasteiger partial charge in [-0.15, -0.1) is 0 Å². The Hall–Kier alpha value is -3.04. The number of halogens is 1. The Labute approximate surface area is 185 Å². The molecule has 0 aliphatic carbocycles. The van der Waals surface area contributed by atoms with Gasteiger partial charge in [-0.05, 0) is 29.3 Å². The van der Waals surface area contributed by atoms with Crippen molar-refractivity contribution in [2.24, 2.45) is 0 Å². The van der Waals surface area contributed by atoms with Crippen molar-refractivity contribution in [3.63, 3.8) is 0 Å². The summed E-state index contributed by atoms with van der Waals surface area (Å²) in [6.07, 6.45) is 5.50. The highest BCUT2D eigenvalue weighted by Crippen LogP contribution is 2.37. The van der Waals surface area contributed by atoms with Gasteiger partial charge in [0.1, 0.15) is 5.75 Å². The number of nitrogens with zero attached hydrogens (tertiary/aromatic N) is 3. The molecular weight excluding hydrogens is 440 g/mol. The molecule has 0 bridgehead atoms. The number of hydrogen-bond acceptors (Lipinski definition) is 5. The number of imidazole rings is 1. The summed E-state index contributed by atoms with van der Waals surface area (Å²) >= 11 is 6.00. The van der Waals surface area contributed by atoms with Crippen molar-refractivity contribution in [3.8, 4) is 5.75 Å². The smallest absolute Gasteiger partial charge is 0.263 e. The second kappa shape index (κ2) is 8.60. The molecule has 1 atom stereocenters. The first kappa shape index (κ1) is 21.2. The lowest BCUT2D eigenvalue weighted by molar-refractivity contribution is -0.127. The number of benzene rings is 2. The summed E-state index contributed by atoms with van der Waals surface area (Å²) in [5.74, 6) is -0.0955. The first-order valence-corrected chi connectivity index (χ1v) is 11.8. The van der Waals surface area contributed by atoms with Crippen molar-refractivity contribution < 1.29 is 17.9 Å². The van der Waals surface area contributed by atoms with E-state index < -0.39 is 22.0 Å². The summed E-state index contributed by atoms with van der Waals surface area (Å²) in [6, 6.07) is 12.5. The molecule has 0 fully saturated rings. The maximum absolute atomic E-state index is 12.7. The van der Waals surface area contributed by atoms with Crippen LogP contribution in [0.25, 0.3) is 0 Å². The molecule has 162 valence electrons. The first-order chi connectivity index (χ1) is 14.8. The molecule has 8 nitrogen and oxygen atoms in total. The third kappa shape index (κ3) is 5.00. The van der Waals surface area contributed by atoms with E-state index >= 15 is 0 Å². The molecule has 1 aliphatic rings. The lowest BCUT2D eigenvalue weighted by atomic mass is 10.1. The minimum absolute atomic E-state index is 0.123. The molecular formula is C21H21ClN4O4S. The van der Waals surface area contributed by atoms with Crippen LogP contribution in [-0.2, 0) is 27.9 Å². The standard InChI is InChI=1S/C21H21ClN4O4S/c1-31(28,29)26-13-20(30-19-7-6-17(22)10-18(19)26)21(27)24-11-15-2-4-16(5-3-15)12-25-9-8-23-14-25/h2-10,14,20H,11-13H2,1H3,(H,24,27). The zero-order valence-electron chi connectivity index (χ0n) is 16.7. The Morgan fingerprint density at radius 2 is 1.97 bits per heavy atom. The summed E-state index contributed by atoms with van der Waals surface area (Å²) in [6.45, 7) is 0.894. The zero-order chi connectivity index (χ0) is 22.0. The number of fused-ring (bicyclic) bond motifs is 1. The number of aromatic nitrogens is 2. The van der Waals surface area contributed by atoms with Crippen molar-refractivity contribution in [1.82, 2.24) is 14.9 Å². The molecule has 1 N–H and O–H groups in total. The third-order valence-electron chi connectivity index (χ3n) is 4.90. The highest BCUT2D eigenvalue weighted by molar-refractivity contribution is 7.92. The summed E-state index contributed by atoms with van der Waals surface area (Å²) < 4.78 is 33.4. The van der Waals surface area contributed by atoms with Crippen molar-refractivity contribution in [2.45, 2.75) is 19.2 Å². The lowest BCUT2D eigenvalue weighted by Crippen LogP contribution is -2.50. The molecule has 10 heteroatoms. The fourth-order valence-corrected chi connectivity index (χ4v) is 4.40. The topological polar surface area (TPSA) is 93.5 Å². The molecule has 0 spiro atoms. The van der Waals surface area contributed by atoms with E-state index in [0.717, 1.165) is 21.7 Å². The predicted octanol–water partition coefficient (Wildman–Crippen LogP) is 2.43. The summed E-state index contributed by atoms with van der Waals surface area (Å²) in [4.78, 5) is 16.7. The normalized spacial score (nSPS) is 15.8. The van der Waals surface area contributed by atoms with Crippen LogP contribution in [-0.4, -0.2) is 42.8 Å². The Morgan fingerprint density at radius 3 is 2.65 bits per heavy atom. The Bertz CT molecular complexity index is 1180. The molecule has 2 heterocycles. The molecule has 3 aromatic rings. The number of amides is 1. The number of sulfonamides is 1. The number of anilines is 1. The number of carbonyl (C=O) groups excluding carboxylic acids is 1. The number of ether oxygens (including phenoxy) is 1. The summed E-state index contributed by atoms with van der Waals surface area (Å²) in [5, 5.41) is 3.21. The third-order valence-corrected chi connectivity index (χ3v) is 6.28. The maximum atomic E-state index is 12.7. The maximum Gasteiger partial charge on any atom is 0.263 e. The molecule has 2 aromatic carbocycles. The number of hydrogen-bond donors (Lipinski definition) is 1. The molecule has 1 aliphatic heterocycles. The van der Waals surface area contributed by atoms with E-state index in [0.29, 0.717) is 29.5 Å². The molecule has 1 aromatic heterocycles. The minimum atomic E-state index is -3.61. The van der Waals surface area contributed by atoms with Gasteiger partial charge in [0.2, 0.25) is 10.0 Å². The average Bonchev–Trinajstić information content (AvgIpc) is 3.24. The van der Waals surface area contributed by atoms with Crippen LogP contribution in [0, 0.1) is 0 Å². The van der Waals surface area contributed by atoms with Crippen LogP contribution in [0.1, 0.15) is 11.1 Å². The highest BCUT2D eigenvalue weighted by Gasteiger charge is 2.35. The van der Waals surface area contributed by atoms with E-state index in [1.165, 1.54) is 6.07 Å². The van der Waals surface area contributed by atoms with E-state index in [4.69, 9.17) is 16.3 Å². The van der Waals surface area contributed by atoms with Crippen LogP contribution in [0.3, 0.4) is 0 Å². The van der Waals surface area contributed by atoms with Gasteiger partial charge in [-0.2, -0.15) is 0 Å². The van der Waals surface area contributed by atoms with Gasteiger partial charge < -0.3 is 14.6 Å². The van der Waals surface area contributed by atoms with Crippen molar-refractivity contribution in [2.75, 3.05) is 17.1 Å². The van der Waals surface area contributed by atoms with Gasteiger partial charge in [0.15, 0.2) is 6.10 Å². The van der Waals surface area contributed by atoms with Crippen LogP contribution >= 0.6 is 11.6 Å². The fourth-order valence-electron chi connectivity index (χ4n) is 3.33. The second-order valence-electron chi connectivity index (χ2n) is 7.28. The predicted molar refractivity (Wildman–Crippen MR) is 118 cm³/mol. The summed E-state index contributed by atoms with van der Waals surface area (Å²) in [5.41, 5.74) is 2.36. The number of rotatable bonds is 6. The molecule has 1 amide bonds. The number of carbonyl (C=O) groups is 1. The van der Waals surface area contributed by atoms with Crippen LogP contribution in [0.15, 0.2) is 61.2 Å². The Kier molecular flexibility index (Phi) is 5.88. The van der Waals surface area contributed by atoms with Gasteiger partial charge in [-0.1, -0.05) is 35.9 Å². The largest absolute Gasteiger partial charge is 0.476 e. The lowest BCUT2D eigenvalue weighted by Gasteiger charge is -2.34. The van der Waals surface area contributed by atoms with Crippen molar-refractivity contribution in [3.05, 3.63) is 77.3 Å². The Morgan fingerprint density at radius 1 is 1.23 bits per heavy atom. The van der Waals surface area contributed by atoms with Gasteiger partial charge in [-0.25, -0.2) is 13.4 Å². The molecule has 1 unspecified atom stereocenters. The van der Waals surface area contributed by atoms with Gasteiger partial charge in [0.05, 0.1) is 24.8 Å². The van der Waals surface area contributed by atoms with Crippen LogP contribution in [0.5, 0.6) is 5.75 Å². The van der Waals surface area contributed by atoms with E-state index in [9.17, 15) is 13.2 Å².